The molecule has 1 rings (SSSR count). The maximum atomic E-state index is 11.2. The average Bonchev–Trinajstić information content (AvgIpc) is 2.51. The number of hydrogen-bond acceptors (Lipinski definition) is 2. The van der Waals surface area contributed by atoms with Crippen molar-refractivity contribution in [3.8, 4) is 0 Å². The Hall–Kier alpha value is -0.840. The van der Waals surface area contributed by atoms with Gasteiger partial charge in [0, 0.05) is 9.99 Å². The minimum atomic E-state index is -0.0526. The van der Waals surface area contributed by atoms with E-state index in [-0.39, 0.29) is 5.97 Å². The molecule has 0 unspecified atom stereocenters. The van der Waals surface area contributed by atoms with Crippen molar-refractivity contribution in [1.29, 1.82) is 0 Å². The van der Waals surface area contributed by atoms with Crippen molar-refractivity contribution in [3.05, 3.63) is 39.5 Å². The molecule has 0 aromatic heterocycles. The first-order chi connectivity index (χ1) is 10.7. The van der Waals surface area contributed by atoms with Gasteiger partial charge in [0.05, 0.1) is 6.61 Å². The molecular formula is C19H27IO2. The molecule has 0 atom stereocenters. The lowest BCUT2D eigenvalue weighted by Crippen LogP contribution is -2.03. The molecule has 1 aromatic rings. The van der Waals surface area contributed by atoms with Crippen molar-refractivity contribution in [2.75, 3.05) is 6.61 Å². The molecule has 22 heavy (non-hydrogen) atoms. The highest BCUT2D eigenvalue weighted by Gasteiger charge is 2.00. The molecule has 0 heterocycles. The summed E-state index contributed by atoms with van der Waals surface area (Å²) < 4.78 is 6.19. The van der Waals surface area contributed by atoms with E-state index in [1.807, 2.05) is 6.92 Å². The van der Waals surface area contributed by atoms with Crippen molar-refractivity contribution >= 4 is 34.6 Å². The maximum absolute atomic E-state index is 11.2. The Balaban J connectivity index is 1.93. The van der Waals surface area contributed by atoms with Crippen molar-refractivity contribution in [2.24, 2.45) is 0 Å². The third-order valence-electron chi connectivity index (χ3n) is 3.49. The summed E-state index contributed by atoms with van der Waals surface area (Å²) in [5.74, 6) is -0.0526. The average molecular weight is 414 g/mol. The first-order valence-electron chi connectivity index (χ1n) is 8.30. The number of rotatable bonds is 11. The number of hydrogen-bond donors (Lipinski definition) is 0. The maximum Gasteiger partial charge on any atom is 0.305 e. The quantitative estimate of drug-likeness (QED) is 0.253. The van der Waals surface area contributed by atoms with E-state index in [2.05, 4.69) is 59.0 Å². The van der Waals surface area contributed by atoms with Crippen LogP contribution in [0.3, 0.4) is 0 Å². The lowest BCUT2D eigenvalue weighted by atomic mass is 10.1. The highest BCUT2D eigenvalue weighted by molar-refractivity contribution is 14.1. The standard InChI is InChI=1S/C19H27IO2/c1-2-22-19(21)12-10-8-6-4-3-5-7-9-11-17-13-15-18(20)16-14-17/h9,11,13-16H,2-8,10,12H2,1H3/b11-9+. The molecule has 0 saturated heterocycles. The topological polar surface area (TPSA) is 26.3 Å². The van der Waals surface area contributed by atoms with Gasteiger partial charge in [-0.05, 0) is 66.5 Å². The molecule has 0 aliphatic carbocycles. The van der Waals surface area contributed by atoms with Gasteiger partial charge in [-0.15, -0.1) is 0 Å². The van der Waals surface area contributed by atoms with Crippen molar-refractivity contribution in [1.82, 2.24) is 0 Å². The minimum Gasteiger partial charge on any atom is -0.466 e. The first-order valence-corrected chi connectivity index (χ1v) is 9.38. The number of allylic oxidation sites excluding steroid dienone is 1. The van der Waals surface area contributed by atoms with E-state index in [0.29, 0.717) is 13.0 Å². The number of carbonyl (C=O) groups is 1. The Morgan fingerprint density at radius 2 is 1.68 bits per heavy atom. The van der Waals surface area contributed by atoms with Crippen LogP contribution >= 0.6 is 22.6 Å². The summed E-state index contributed by atoms with van der Waals surface area (Å²) in [5.41, 5.74) is 1.28. The Morgan fingerprint density at radius 1 is 1.05 bits per heavy atom. The smallest absolute Gasteiger partial charge is 0.305 e. The number of benzene rings is 1. The van der Waals surface area contributed by atoms with Crippen LogP contribution in [0.1, 0.15) is 63.9 Å². The summed E-state index contributed by atoms with van der Waals surface area (Å²) in [6.07, 6.45) is 13.3. The summed E-state index contributed by atoms with van der Waals surface area (Å²) >= 11 is 2.32. The predicted molar refractivity (Wildman–Crippen MR) is 102 cm³/mol. The van der Waals surface area contributed by atoms with Gasteiger partial charge in [0.15, 0.2) is 0 Å². The van der Waals surface area contributed by atoms with Gasteiger partial charge in [0.1, 0.15) is 0 Å². The monoisotopic (exact) mass is 414 g/mol. The second-order valence-electron chi connectivity index (χ2n) is 5.42. The van der Waals surface area contributed by atoms with Gasteiger partial charge >= 0.3 is 5.97 Å². The molecule has 0 radical (unpaired) electrons. The molecule has 0 fully saturated rings. The van der Waals surface area contributed by atoms with E-state index in [1.165, 1.54) is 34.8 Å². The Bertz CT molecular complexity index is 437. The number of unbranched alkanes of at least 4 members (excludes halogenated alkanes) is 6. The Labute approximate surface area is 148 Å². The number of ether oxygens (including phenoxy) is 1. The Morgan fingerprint density at radius 3 is 2.36 bits per heavy atom. The summed E-state index contributed by atoms with van der Waals surface area (Å²) in [6.45, 7) is 2.35. The fraction of sp³-hybridized carbons (Fsp3) is 0.526. The third kappa shape index (κ3) is 9.98. The molecule has 0 N–H and O–H groups in total. The van der Waals surface area contributed by atoms with Crippen LogP contribution in [0, 0.1) is 3.57 Å². The summed E-state index contributed by atoms with van der Waals surface area (Å²) in [7, 11) is 0. The predicted octanol–water partition coefficient (Wildman–Crippen LogP) is 5.99. The van der Waals surface area contributed by atoms with E-state index in [9.17, 15) is 4.79 Å². The zero-order valence-corrected chi connectivity index (χ0v) is 15.7. The van der Waals surface area contributed by atoms with Gasteiger partial charge in [-0.2, -0.15) is 0 Å². The fourth-order valence-corrected chi connectivity index (χ4v) is 2.62. The van der Waals surface area contributed by atoms with Crippen LogP contribution < -0.4 is 0 Å². The molecular weight excluding hydrogens is 387 g/mol. The van der Waals surface area contributed by atoms with Crippen molar-refractivity contribution < 1.29 is 9.53 Å². The van der Waals surface area contributed by atoms with E-state index in [4.69, 9.17) is 4.74 Å². The van der Waals surface area contributed by atoms with Crippen LogP contribution in [-0.4, -0.2) is 12.6 Å². The van der Waals surface area contributed by atoms with Crippen LogP contribution in [0.15, 0.2) is 30.3 Å². The van der Waals surface area contributed by atoms with Gasteiger partial charge in [-0.25, -0.2) is 0 Å². The van der Waals surface area contributed by atoms with Gasteiger partial charge in [-0.3, -0.25) is 4.79 Å². The van der Waals surface area contributed by atoms with E-state index in [1.54, 1.807) is 0 Å². The largest absolute Gasteiger partial charge is 0.466 e. The SMILES string of the molecule is CCOC(=O)CCCCCCCC/C=C/c1ccc(I)cc1. The molecule has 1 aromatic carbocycles. The fourth-order valence-electron chi connectivity index (χ4n) is 2.27. The molecule has 0 aliphatic heterocycles. The van der Waals surface area contributed by atoms with Crippen LogP contribution in [0.25, 0.3) is 6.08 Å². The van der Waals surface area contributed by atoms with Gasteiger partial charge in [0.25, 0.3) is 0 Å². The second kappa shape index (κ2) is 12.7. The number of carbonyl (C=O) groups excluding carboxylic acids is 1. The molecule has 3 heteroatoms. The minimum absolute atomic E-state index is 0.0526. The molecule has 2 nitrogen and oxygen atoms in total. The first kappa shape index (κ1) is 19.2. The summed E-state index contributed by atoms with van der Waals surface area (Å²) in [5, 5.41) is 0. The summed E-state index contributed by atoms with van der Waals surface area (Å²) in [4.78, 5) is 11.2. The zero-order chi connectivity index (χ0) is 16.0. The highest BCUT2D eigenvalue weighted by atomic mass is 127. The lowest BCUT2D eigenvalue weighted by Gasteiger charge is -2.02. The molecule has 122 valence electrons. The molecule has 0 saturated carbocycles. The van der Waals surface area contributed by atoms with Crippen LogP contribution in [0.5, 0.6) is 0 Å². The molecule has 0 amide bonds. The number of halogens is 1. The number of esters is 1. The van der Waals surface area contributed by atoms with Gasteiger partial charge in [-0.1, -0.05) is 50.0 Å². The van der Waals surface area contributed by atoms with Crippen LogP contribution in [-0.2, 0) is 9.53 Å². The zero-order valence-electron chi connectivity index (χ0n) is 13.5. The van der Waals surface area contributed by atoms with E-state index >= 15 is 0 Å². The highest BCUT2D eigenvalue weighted by Crippen LogP contribution is 2.11. The molecule has 0 aliphatic rings. The molecule has 0 spiro atoms. The third-order valence-corrected chi connectivity index (χ3v) is 4.21. The van der Waals surface area contributed by atoms with Crippen molar-refractivity contribution in [2.45, 2.75) is 58.3 Å². The van der Waals surface area contributed by atoms with Gasteiger partial charge in [0.2, 0.25) is 0 Å². The van der Waals surface area contributed by atoms with Crippen LogP contribution in [0.4, 0.5) is 0 Å². The molecule has 0 bridgehead atoms. The second-order valence-corrected chi connectivity index (χ2v) is 6.66. The summed E-state index contributed by atoms with van der Waals surface area (Å²) in [6, 6.07) is 8.58. The van der Waals surface area contributed by atoms with Crippen molar-refractivity contribution in [3.63, 3.8) is 0 Å². The van der Waals surface area contributed by atoms with E-state index < -0.39 is 0 Å². The normalized spacial score (nSPS) is 11.0. The van der Waals surface area contributed by atoms with Crippen LogP contribution in [0.2, 0.25) is 0 Å². The van der Waals surface area contributed by atoms with Gasteiger partial charge < -0.3 is 4.74 Å². The lowest BCUT2D eigenvalue weighted by molar-refractivity contribution is -0.143. The Kier molecular flexibility index (Phi) is 11.1. The van der Waals surface area contributed by atoms with E-state index in [0.717, 1.165) is 19.3 Å².